The maximum Gasteiger partial charge on any atom is 0.432 e. The maximum absolute atomic E-state index is 13.1. The number of nitrogens with zero attached hydrogens (tertiary/aromatic N) is 1. The van der Waals surface area contributed by atoms with Crippen LogP contribution in [0, 0.1) is 5.92 Å². The Morgan fingerprint density at radius 2 is 1.46 bits per heavy atom. The summed E-state index contributed by atoms with van der Waals surface area (Å²) in [5.41, 5.74) is -1.31. The highest BCUT2D eigenvalue weighted by molar-refractivity contribution is 7.93. The molecule has 1 aromatic carbocycles. The predicted octanol–water partition coefficient (Wildman–Crippen LogP) is 2.20. The van der Waals surface area contributed by atoms with Gasteiger partial charge in [-0.1, -0.05) is 26.0 Å². The highest BCUT2D eigenvalue weighted by atomic mass is 32.2. The van der Waals surface area contributed by atoms with Crippen molar-refractivity contribution in [2.45, 2.75) is 49.9 Å². The molecule has 8 nitrogen and oxygen atoms in total. The summed E-state index contributed by atoms with van der Waals surface area (Å²) in [7, 11) is -8.50. The lowest BCUT2D eigenvalue weighted by Crippen LogP contribution is -2.50. The van der Waals surface area contributed by atoms with Crippen LogP contribution in [0.15, 0.2) is 34.1 Å². The summed E-state index contributed by atoms with van der Waals surface area (Å²) < 4.78 is 55.1. The average Bonchev–Trinajstić information content (AvgIpc) is 2.44. The molecular weight excluding hydrogens is 382 g/mol. The van der Waals surface area contributed by atoms with E-state index in [1.807, 2.05) is 0 Å². The van der Waals surface area contributed by atoms with E-state index in [1.54, 1.807) is 0 Å². The maximum atomic E-state index is 13.1. The van der Waals surface area contributed by atoms with Crippen LogP contribution in [-0.2, 0) is 29.4 Å². The monoisotopic (exact) mass is 405 g/mol. The minimum Gasteiger partial charge on any atom is -0.375 e. The number of carbonyl (C=O) groups excluding carboxylic acids is 2. The van der Waals surface area contributed by atoms with Crippen LogP contribution in [0.4, 0.5) is 4.79 Å². The molecule has 0 radical (unpaired) electrons. The summed E-state index contributed by atoms with van der Waals surface area (Å²) in [6.07, 6.45) is -0.525. The Kier molecular flexibility index (Phi) is 6.25. The van der Waals surface area contributed by atoms with Crippen molar-refractivity contribution < 1.29 is 31.2 Å². The molecule has 0 aromatic heterocycles. The molecule has 0 saturated heterocycles. The van der Waals surface area contributed by atoms with Crippen LogP contribution in [-0.4, -0.2) is 45.0 Å². The van der Waals surface area contributed by atoms with Crippen molar-refractivity contribution in [3.63, 3.8) is 0 Å². The smallest absolute Gasteiger partial charge is 0.375 e. The number of hydrogen-bond acceptors (Lipinski definition) is 7. The van der Waals surface area contributed by atoms with Gasteiger partial charge in [0.15, 0.2) is 9.84 Å². The average molecular weight is 405 g/mol. The first kappa shape index (κ1) is 22.1. The molecule has 0 aliphatic rings. The molecule has 1 amide bonds. The Bertz CT molecular complexity index is 910. The molecule has 0 aliphatic heterocycles. The number of sulfone groups is 1. The van der Waals surface area contributed by atoms with E-state index in [1.165, 1.54) is 46.8 Å². The van der Waals surface area contributed by atoms with E-state index >= 15 is 0 Å². The zero-order valence-corrected chi connectivity index (χ0v) is 17.1. The number of sulfonamides is 1. The van der Waals surface area contributed by atoms with E-state index < -0.39 is 53.2 Å². The van der Waals surface area contributed by atoms with Crippen LogP contribution in [0.3, 0.4) is 0 Å². The van der Waals surface area contributed by atoms with Gasteiger partial charge < -0.3 is 4.74 Å². The van der Waals surface area contributed by atoms with Crippen molar-refractivity contribution in [2.75, 3.05) is 6.26 Å². The number of amides is 1. The van der Waals surface area contributed by atoms with Gasteiger partial charge in [-0.2, -0.15) is 4.31 Å². The van der Waals surface area contributed by atoms with Gasteiger partial charge >= 0.3 is 12.1 Å². The van der Waals surface area contributed by atoms with Gasteiger partial charge in [0.2, 0.25) is 0 Å². The first-order valence-corrected chi connectivity index (χ1v) is 11.0. The molecule has 10 heteroatoms. The molecule has 0 saturated carbocycles. The van der Waals surface area contributed by atoms with Crippen molar-refractivity contribution >= 4 is 31.9 Å². The Morgan fingerprint density at radius 1 is 1.00 bits per heavy atom. The molecule has 0 aliphatic carbocycles. The number of carbonyl (C=O) groups is 2. The minimum absolute atomic E-state index is 0.379. The second-order valence-corrected chi connectivity index (χ2v) is 10.7. The Balaban J connectivity index is 3.59. The first-order valence-electron chi connectivity index (χ1n) is 7.70. The van der Waals surface area contributed by atoms with Crippen LogP contribution in [0.5, 0.6) is 0 Å². The van der Waals surface area contributed by atoms with Crippen LogP contribution < -0.4 is 0 Å². The van der Waals surface area contributed by atoms with E-state index in [9.17, 15) is 26.4 Å². The molecule has 0 spiro atoms. The van der Waals surface area contributed by atoms with Gasteiger partial charge in [0.25, 0.3) is 10.0 Å². The summed E-state index contributed by atoms with van der Waals surface area (Å²) in [5, 5.41) is 0. The molecular formula is C16H23NO7S2. The van der Waals surface area contributed by atoms with Crippen molar-refractivity contribution in [2.24, 2.45) is 5.92 Å². The highest BCUT2D eigenvalue weighted by Crippen LogP contribution is 2.29. The van der Waals surface area contributed by atoms with Crippen LogP contribution in [0.1, 0.15) is 34.6 Å². The number of esters is 1. The molecule has 1 rings (SSSR count). The van der Waals surface area contributed by atoms with Gasteiger partial charge in [-0.25, -0.2) is 21.6 Å². The van der Waals surface area contributed by atoms with Gasteiger partial charge in [0, 0.05) is 6.26 Å². The van der Waals surface area contributed by atoms with E-state index in [-0.39, 0.29) is 0 Å². The predicted molar refractivity (Wildman–Crippen MR) is 94.7 cm³/mol. The molecule has 0 bridgehead atoms. The zero-order chi connectivity index (χ0) is 20.5. The van der Waals surface area contributed by atoms with Crippen molar-refractivity contribution in [1.82, 2.24) is 4.31 Å². The van der Waals surface area contributed by atoms with Gasteiger partial charge in [-0.3, -0.25) is 4.79 Å². The summed E-state index contributed by atoms with van der Waals surface area (Å²) in [6, 6.07) is 4.93. The lowest BCUT2D eigenvalue weighted by atomic mass is 10.1. The molecule has 0 fully saturated rings. The van der Waals surface area contributed by atoms with Crippen LogP contribution >= 0.6 is 0 Å². The zero-order valence-electron chi connectivity index (χ0n) is 15.5. The van der Waals surface area contributed by atoms with Crippen molar-refractivity contribution in [3.8, 4) is 0 Å². The first-order chi connectivity index (χ1) is 11.6. The number of benzene rings is 1. The van der Waals surface area contributed by atoms with Crippen LogP contribution in [0.2, 0.25) is 0 Å². The standard InChI is InChI=1S/C16H23NO7S2/c1-11(2)14(18)24-15(19)17(16(3,4)5)26(22,23)13-10-8-7-9-12(13)25(6,20)21/h7-11H,1-6H3. The third kappa shape index (κ3) is 4.82. The summed E-state index contributed by atoms with van der Waals surface area (Å²) >= 11 is 0. The fourth-order valence-corrected chi connectivity index (χ4v) is 5.30. The van der Waals surface area contributed by atoms with Gasteiger partial charge in [0.1, 0.15) is 4.90 Å². The van der Waals surface area contributed by atoms with Gasteiger partial charge in [-0.05, 0) is 32.9 Å². The van der Waals surface area contributed by atoms with Crippen LogP contribution in [0.25, 0.3) is 0 Å². The lowest BCUT2D eigenvalue weighted by Gasteiger charge is -2.33. The third-order valence-electron chi connectivity index (χ3n) is 3.20. The number of hydrogen-bond donors (Lipinski definition) is 0. The fourth-order valence-electron chi connectivity index (χ4n) is 2.05. The fraction of sp³-hybridized carbons (Fsp3) is 0.500. The van der Waals surface area contributed by atoms with E-state index in [2.05, 4.69) is 4.74 Å². The molecule has 0 atom stereocenters. The normalized spacial score (nSPS) is 12.7. The lowest BCUT2D eigenvalue weighted by molar-refractivity contribution is -0.141. The highest BCUT2D eigenvalue weighted by Gasteiger charge is 2.42. The largest absolute Gasteiger partial charge is 0.432 e. The van der Waals surface area contributed by atoms with E-state index in [4.69, 9.17) is 0 Å². The van der Waals surface area contributed by atoms with Crippen molar-refractivity contribution in [1.29, 1.82) is 0 Å². The topological polar surface area (TPSA) is 115 Å². The summed E-state index contributed by atoms with van der Waals surface area (Å²) in [6.45, 7) is 7.26. The van der Waals surface area contributed by atoms with Crippen molar-refractivity contribution in [3.05, 3.63) is 24.3 Å². The Labute approximate surface area is 154 Å². The molecule has 1 aromatic rings. The molecule has 0 N–H and O–H groups in total. The Hall–Kier alpha value is -1.94. The second kappa shape index (κ2) is 7.36. The van der Waals surface area contributed by atoms with E-state index in [0.717, 1.165) is 18.4 Å². The molecule has 26 heavy (non-hydrogen) atoms. The quantitative estimate of drug-likeness (QED) is 0.557. The minimum atomic E-state index is -4.62. The summed E-state index contributed by atoms with van der Waals surface area (Å²) in [5.74, 6) is -1.54. The van der Waals surface area contributed by atoms with Gasteiger partial charge in [0.05, 0.1) is 16.4 Å². The van der Waals surface area contributed by atoms with Gasteiger partial charge in [-0.15, -0.1) is 0 Å². The van der Waals surface area contributed by atoms with E-state index in [0.29, 0.717) is 4.31 Å². The SMILES string of the molecule is CC(C)C(=O)OC(=O)N(C(C)(C)C)S(=O)(=O)c1ccccc1S(C)(=O)=O. The second-order valence-electron chi connectivity index (χ2n) is 7.00. The molecule has 0 unspecified atom stereocenters. The number of rotatable bonds is 4. The molecule has 146 valence electrons. The third-order valence-corrected chi connectivity index (χ3v) is 6.57. The molecule has 0 heterocycles. The Morgan fingerprint density at radius 3 is 1.85 bits per heavy atom. The summed E-state index contributed by atoms with van der Waals surface area (Å²) in [4.78, 5) is 23.1. The number of ether oxygens (including phenoxy) is 1.